The summed E-state index contributed by atoms with van der Waals surface area (Å²) in [5, 5.41) is 9.65. The number of carbonyl (C=O) groups excluding carboxylic acids is 2. The molecule has 0 bridgehead atoms. The third-order valence-electron chi connectivity index (χ3n) is 5.18. The lowest BCUT2D eigenvalue weighted by molar-refractivity contribution is -0.0464. The van der Waals surface area contributed by atoms with E-state index in [1.54, 1.807) is 18.4 Å². The number of allylic oxidation sites excluding steroid dienone is 2. The smallest absolute Gasteiger partial charge is 0.338 e. The minimum Gasteiger partial charge on any atom is -0.492 e. The van der Waals surface area contributed by atoms with E-state index in [0.29, 0.717) is 35.9 Å². The SMILES string of the molecule is NC(=O)N(O)CCOc1ccc2c(c1)CCN(CC1=COC3C=CC=CC3=C1)C2=O. The Labute approximate surface area is 174 Å². The standard InChI is InChI=1S/C22H23N3O5/c23-22(27)25(28)9-10-29-18-5-6-19-16(12-18)7-8-24(21(19)26)13-15-11-17-3-1-2-4-20(17)30-14-15/h1-6,11-12,14,20,28H,7-10,13H2,(H2,23,27). The zero-order valence-electron chi connectivity index (χ0n) is 16.4. The van der Waals surface area contributed by atoms with Crippen LogP contribution in [0, 0.1) is 0 Å². The molecule has 30 heavy (non-hydrogen) atoms. The highest BCUT2D eigenvalue weighted by Gasteiger charge is 2.26. The average molecular weight is 409 g/mol. The number of nitrogens with two attached hydrogens (primary N) is 1. The molecule has 0 fully saturated rings. The molecule has 1 aliphatic carbocycles. The summed E-state index contributed by atoms with van der Waals surface area (Å²) in [7, 11) is 0. The van der Waals surface area contributed by atoms with Crippen LogP contribution in [-0.4, -0.2) is 59.5 Å². The van der Waals surface area contributed by atoms with Crippen LogP contribution in [0.25, 0.3) is 0 Å². The third kappa shape index (κ3) is 4.23. The fraction of sp³-hybridized carbons (Fsp3) is 0.273. The van der Waals surface area contributed by atoms with Gasteiger partial charge in [0.25, 0.3) is 5.91 Å². The molecule has 2 heterocycles. The first kappa shape index (κ1) is 19.8. The molecular formula is C22H23N3O5. The minimum absolute atomic E-state index is 0.0291. The van der Waals surface area contributed by atoms with Crippen LogP contribution in [0.5, 0.6) is 5.75 Å². The van der Waals surface area contributed by atoms with Gasteiger partial charge in [0, 0.05) is 24.2 Å². The molecule has 1 aromatic carbocycles. The van der Waals surface area contributed by atoms with E-state index in [-0.39, 0.29) is 25.2 Å². The fourth-order valence-electron chi connectivity index (χ4n) is 3.62. The molecule has 3 N–H and O–H groups in total. The normalized spacial score (nSPS) is 19.3. The molecular weight excluding hydrogens is 386 g/mol. The van der Waals surface area contributed by atoms with Crippen LogP contribution in [0.1, 0.15) is 15.9 Å². The number of urea groups is 1. The highest BCUT2D eigenvalue weighted by molar-refractivity contribution is 5.97. The Morgan fingerprint density at radius 2 is 2.23 bits per heavy atom. The summed E-state index contributed by atoms with van der Waals surface area (Å²) in [6.45, 7) is 1.13. The number of hydroxylamine groups is 2. The Bertz CT molecular complexity index is 979. The number of ether oxygens (including phenoxy) is 2. The second-order valence-electron chi connectivity index (χ2n) is 7.24. The highest BCUT2D eigenvalue weighted by atomic mass is 16.5. The van der Waals surface area contributed by atoms with Crippen LogP contribution >= 0.6 is 0 Å². The van der Waals surface area contributed by atoms with E-state index in [1.165, 1.54) is 0 Å². The maximum Gasteiger partial charge on any atom is 0.338 e. The van der Waals surface area contributed by atoms with Crippen molar-refractivity contribution < 1.29 is 24.3 Å². The largest absolute Gasteiger partial charge is 0.492 e. The second kappa shape index (κ2) is 8.46. The lowest BCUT2D eigenvalue weighted by atomic mass is 9.97. The number of benzene rings is 1. The van der Waals surface area contributed by atoms with Gasteiger partial charge < -0.3 is 20.1 Å². The van der Waals surface area contributed by atoms with E-state index in [0.717, 1.165) is 16.7 Å². The molecule has 1 unspecified atom stereocenters. The lowest BCUT2D eigenvalue weighted by Gasteiger charge is -2.30. The highest BCUT2D eigenvalue weighted by Crippen LogP contribution is 2.27. The summed E-state index contributed by atoms with van der Waals surface area (Å²) in [6.07, 6.45) is 12.4. The van der Waals surface area contributed by atoms with Gasteiger partial charge in [-0.15, -0.1) is 0 Å². The minimum atomic E-state index is -0.935. The first-order chi connectivity index (χ1) is 14.5. The molecule has 8 heteroatoms. The summed E-state index contributed by atoms with van der Waals surface area (Å²) in [6, 6.07) is 4.35. The van der Waals surface area contributed by atoms with Crippen molar-refractivity contribution in [2.45, 2.75) is 12.5 Å². The summed E-state index contributed by atoms with van der Waals surface area (Å²) in [4.78, 5) is 25.5. The molecule has 8 nitrogen and oxygen atoms in total. The van der Waals surface area contributed by atoms with Gasteiger partial charge in [-0.3, -0.25) is 10.0 Å². The lowest BCUT2D eigenvalue weighted by Crippen LogP contribution is -2.39. The van der Waals surface area contributed by atoms with E-state index in [9.17, 15) is 14.8 Å². The molecule has 3 aliphatic rings. The molecule has 2 aliphatic heterocycles. The summed E-state index contributed by atoms with van der Waals surface area (Å²) >= 11 is 0. The Balaban J connectivity index is 1.38. The molecule has 156 valence electrons. The van der Waals surface area contributed by atoms with Gasteiger partial charge in [0.05, 0.1) is 12.8 Å². The molecule has 0 saturated carbocycles. The Morgan fingerprint density at radius 1 is 1.37 bits per heavy atom. The van der Waals surface area contributed by atoms with Crippen molar-refractivity contribution in [3.8, 4) is 5.75 Å². The molecule has 0 saturated heterocycles. The number of fused-ring (bicyclic) bond motifs is 2. The van der Waals surface area contributed by atoms with E-state index in [2.05, 4.69) is 6.08 Å². The van der Waals surface area contributed by atoms with Crippen LogP contribution in [0.2, 0.25) is 0 Å². The van der Waals surface area contributed by atoms with E-state index in [1.807, 2.05) is 35.3 Å². The topological polar surface area (TPSA) is 105 Å². The van der Waals surface area contributed by atoms with Gasteiger partial charge >= 0.3 is 6.03 Å². The molecule has 0 radical (unpaired) electrons. The first-order valence-corrected chi connectivity index (χ1v) is 9.73. The number of carbonyl (C=O) groups is 2. The molecule has 4 rings (SSSR count). The number of hydrogen-bond donors (Lipinski definition) is 2. The first-order valence-electron chi connectivity index (χ1n) is 9.73. The monoisotopic (exact) mass is 409 g/mol. The second-order valence-corrected chi connectivity index (χ2v) is 7.24. The van der Waals surface area contributed by atoms with Gasteiger partial charge in [-0.05, 0) is 47.9 Å². The van der Waals surface area contributed by atoms with Gasteiger partial charge in [0.1, 0.15) is 18.5 Å². The Kier molecular flexibility index (Phi) is 5.58. The predicted molar refractivity (Wildman–Crippen MR) is 109 cm³/mol. The number of primary amides is 1. The Morgan fingerprint density at radius 3 is 3.07 bits per heavy atom. The van der Waals surface area contributed by atoms with Crippen LogP contribution in [-0.2, 0) is 11.2 Å². The quantitative estimate of drug-likeness (QED) is 0.553. The molecule has 3 amide bonds. The van der Waals surface area contributed by atoms with Crippen LogP contribution in [0.4, 0.5) is 4.79 Å². The van der Waals surface area contributed by atoms with Crippen LogP contribution in [0.15, 0.2) is 66.0 Å². The van der Waals surface area contributed by atoms with E-state index >= 15 is 0 Å². The van der Waals surface area contributed by atoms with Crippen molar-refractivity contribution in [2.75, 3.05) is 26.2 Å². The number of nitrogens with zero attached hydrogens (tertiary/aromatic N) is 2. The molecule has 0 aromatic heterocycles. The number of amides is 3. The summed E-state index contributed by atoms with van der Waals surface area (Å²) < 4.78 is 11.3. The van der Waals surface area contributed by atoms with Crippen LogP contribution in [0.3, 0.4) is 0 Å². The van der Waals surface area contributed by atoms with Crippen molar-refractivity contribution in [3.63, 3.8) is 0 Å². The van der Waals surface area contributed by atoms with Gasteiger partial charge in [0.2, 0.25) is 0 Å². The zero-order chi connectivity index (χ0) is 21.1. The number of rotatable bonds is 6. The van der Waals surface area contributed by atoms with Crippen molar-refractivity contribution in [3.05, 3.63) is 77.1 Å². The Hall–Kier alpha value is -3.52. The summed E-state index contributed by atoms with van der Waals surface area (Å²) in [5.41, 5.74) is 8.56. The van der Waals surface area contributed by atoms with Gasteiger partial charge in [-0.1, -0.05) is 18.2 Å². The van der Waals surface area contributed by atoms with E-state index in [4.69, 9.17) is 15.2 Å². The van der Waals surface area contributed by atoms with Gasteiger partial charge in [0.15, 0.2) is 0 Å². The summed E-state index contributed by atoms with van der Waals surface area (Å²) in [5.74, 6) is 0.544. The zero-order valence-corrected chi connectivity index (χ0v) is 16.4. The van der Waals surface area contributed by atoms with Crippen molar-refractivity contribution in [1.82, 2.24) is 9.96 Å². The van der Waals surface area contributed by atoms with E-state index < -0.39 is 6.03 Å². The van der Waals surface area contributed by atoms with Crippen molar-refractivity contribution >= 4 is 11.9 Å². The number of hydrogen-bond acceptors (Lipinski definition) is 5. The predicted octanol–water partition coefficient (Wildman–Crippen LogP) is 2.17. The van der Waals surface area contributed by atoms with Gasteiger partial charge in [-0.2, -0.15) is 0 Å². The van der Waals surface area contributed by atoms with Crippen molar-refractivity contribution in [2.24, 2.45) is 5.73 Å². The fourth-order valence-corrected chi connectivity index (χ4v) is 3.62. The maximum absolute atomic E-state index is 12.9. The third-order valence-corrected chi connectivity index (χ3v) is 5.18. The average Bonchev–Trinajstić information content (AvgIpc) is 2.75. The van der Waals surface area contributed by atoms with Crippen LogP contribution < -0.4 is 10.5 Å². The maximum atomic E-state index is 12.9. The molecule has 1 atom stereocenters. The molecule has 1 aromatic rings. The van der Waals surface area contributed by atoms with Gasteiger partial charge in [-0.25, -0.2) is 9.86 Å². The van der Waals surface area contributed by atoms with Crippen molar-refractivity contribution in [1.29, 1.82) is 0 Å². The molecule has 0 spiro atoms.